The van der Waals surface area contributed by atoms with Crippen LogP contribution in [0, 0.1) is 0 Å². The van der Waals surface area contributed by atoms with Crippen molar-refractivity contribution in [2.24, 2.45) is 0 Å². The second-order valence-electron chi connectivity index (χ2n) is 3.40. The Hall–Kier alpha value is -1.17. The van der Waals surface area contributed by atoms with Crippen LogP contribution in [-0.4, -0.2) is 19.2 Å². The van der Waals surface area contributed by atoms with E-state index in [1.165, 1.54) is 13.0 Å². The largest absolute Gasteiger partial charge is 0.494 e. The van der Waals surface area contributed by atoms with Crippen molar-refractivity contribution < 1.29 is 23.0 Å². The summed E-state index contributed by atoms with van der Waals surface area (Å²) in [6.45, 7) is 3.46. The summed E-state index contributed by atoms with van der Waals surface area (Å²) in [7, 11) is 0. The molecule has 3 nitrogen and oxygen atoms in total. The lowest BCUT2D eigenvalue weighted by Crippen LogP contribution is -2.28. The summed E-state index contributed by atoms with van der Waals surface area (Å²) in [5.74, 6) is -4.98. The molecule has 6 heteroatoms. The molecule has 0 aromatic heterocycles. The van der Waals surface area contributed by atoms with Gasteiger partial charge in [-0.15, -0.1) is 0 Å². The van der Waals surface area contributed by atoms with E-state index < -0.39 is 17.5 Å². The smallest absolute Gasteiger partial charge is 0.381 e. The van der Waals surface area contributed by atoms with Crippen molar-refractivity contribution in [1.29, 1.82) is 0 Å². The van der Waals surface area contributed by atoms with Gasteiger partial charge in [0.1, 0.15) is 5.75 Å². The highest BCUT2D eigenvalue weighted by atomic mass is 79.9. The molecule has 0 aliphatic carbocycles. The normalized spacial score (nSPS) is 11.2. The molecule has 18 heavy (non-hydrogen) atoms. The van der Waals surface area contributed by atoms with Gasteiger partial charge in [0.2, 0.25) is 0 Å². The molecule has 0 fully saturated rings. The molecule has 0 bridgehead atoms. The lowest BCUT2D eigenvalue weighted by Gasteiger charge is -2.16. The maximum absolute atomic E-state index is 13.8. The SMILES string of the molecule is CCOC(=O)C(F)(F)c1cc(Br)cc(OCC)c1. The Balaban J connectivity index is 3.10. The van der Waals surface area contributed by atoms with Gasteiger partial charge in [0.05, 0.1) is 13.2 Å². The molecule has 0 amide bonds. The maximum Gasteiger partial charge on any atom is 0.381 e. The monoisotopic (exact) mass is 322 g/mol. The Morgan fingerprint density at radius 1 is 1.28 bits per heavy atom. The van der Waals surface area contributed by atoms with Crippen LogP contribution in [-0.2, 0) is 15.5 Å². The topological polar surface area (TPSA) is 35.5 Å². The second kappa shape index (κ2) is 6.13. The fourth-order valence-corrected chi connectivity index (χ4v) is 1.81. The summed E-state index contributed by atoms with van der Waals surface area (Å²) in [6.07, 6.45) is 0. The van der Waals surface area contributed by atoms with Gasteiger partial charge in [-0.05, 0) is 32.0 Å². The van der Waals surface area contributed by atoms with Crippen molar-refractivity contribution in [2.75, 3.05) is 13.2 Å². The van der Waals surface area contributed by atoms with E-state index in [0.717, 1.165) is 6.07 Å². The molecular weight excluding hydrogens is 310 g/mol. The van der Waals surface area contributed by atoms with Gasteiger partial charge in [-0.25, -0.2) is 4.79 Å². The van der Waals surface area contributed by atoms with Gasteiger partial charge in [-0.2, -0.15) is 8.78 Å². The first-order valence-corrected chi connectivity index (χ1v) is 6.20. The number of carbonyl (C=O) groups is 1. The first kappa shape index (κ1) is 14.9. The first-order chi connectivity index (χ1) is 8.41. The number of hydrogen-bond acceptors (Lipinski definition) is 3. The van der Waals surface area contributed by atoms with Crippen LogP contribution in [0.4, 0.5) is 8.78 Å². The predicted molar refractivity (Wildman–Crippen MR) is 65.8 cm³/mol. The molecule has 100 valence electrons. The van der Waals surface area contributed by atoms with Crippen LogP contribution >= 0.6 is 15.9 Å². The number of alkyl halides is 2. The zero-order valence-corrected chi connectivity index (χ0v) is 11.6. The van der Waals surface area contributed by atoms with Crippen LogP contribution in [0.2, 0.25) is 0 Å². The third kappa shape index (κ3) is 3.41. The van der Waals surface area contributed by atoms with Crippen molar-refractivity contribution in [3.8, 4) is 5.75 Å². The number of hydrogen-bond donors (Lipinski definition) is 0. The van der Waals surface area contributed by atoms with E-state index in [1.54, 1.807) is 13.0 Å². The summed E-state index contributed by atoms with van der Waals surface area (Å²) in [6, 6.07) is 3.85. The molecule has 1 aromatic rings. The molecule has 1 rings (SSSR count). The summed E-state index contributed by atoms with van der Waals surface area (Å²) in [4.78, 5) is 11.2. The van der Waals surface area contributed by atoms with Crippen LogP contribution in [0.15, 0.2) is 22.7 Å². The Labute approximate surface area is 112 Å². The highest BCUT2D eigenvalue weighted by molar-refractivity contribution is 9.10. The number of halogens is 3. The van der Waals surface area contributed by atoms with Crippen molar-refractivity contribution in [3.63, 3.8) is 0 Å². The van der Waals surface area contributed by atoms with E-state index in [0.29, 0.717) is 11.1 Å². The molecule has 0 heterocycles. The molecule has 0 saturated heterocycles. The van der Waals surface area contributed by atoms with Crippen molar-refractivity contribution in [3.05, 3.63) is 28.2 Å². The number of ether oxygens (including phenoxy) is 2. The third-order valence-corrected chi connectivity index (χ3v) is 2.53. The van der Waals surface area contributed by atoms with Gasteiger partial charge < -0.3 is 9.47 Å². The maximum atomic E-state index is 13.8. The van der Waals surface area contributed by atoms with E-state index in [1.807, 2.05) is 0 Å². The first-order valence-electron chi connectivity index (χ1n) is 5.40. The number of benzene rings is 1. The average molecular weight is 323 g/mol. The highest BCUT2D eigenvalue weighted by Crippen LogP contribution is 2.34. The minimum absolute atomic E-state index is 0.0965. The summed E-state index contributed by atoms with van der Waals surface area (Å²) >= 11 is 3.10. The number of esters is 1. The number of rotatable bonds is 5. The van der Waals surface area contributed by atoms with E-state index in [4.69, 9.17) is 4.74 Å². The molecule has 0 N–H and O–H groups in total. The number of carbonyl (C=O) groups excluding carboxylic acids is 1. The van der Waals surface area contributed by atoms with Crippen LogP contribution in [0.1, 0.15) is 19.4 Å². The molecule has 1 aromatic carbocycles. The van der Waals surface area contributed by atoms with E-state index in [9.17, 15) is 13.6 Å². The van der Waals surface area contributed by atoms with Crippen LogP contribution < -0.4 is 4.74 Å². The van der Waals surface area contributed by atoms with E-state index >= 15 is 0 Å². The van der Waals surface area contributed by atoms with Gasteiger partial charge >= 0.3 is 11.9 Å². The Morgan fingerprint density at radius 3 is 2.50 bits per heavy atom. The average Bonchev–Trinajstić information content (AvgIpc) is 2.29. The van der Waals surface area contributed by atoms with Crippen LogP contribution in [0.3, 0.4) is 0 Å². The van der Waals surface area contributed by atoms with Crippen molar-refractivity contribution in [1.82, 2.24) is 0 Å². The van der Waals surface area contributed by atoms with Gasteiger partial charge in [-0.1, -0.05) is 15.9 Å². The lowest BCUT2D eigenvalue weighted by molar-refractivity contribution is -0.173. The predicted octanol–water partition coefficient (Wildman–Crippen LogP) is 3.50. The second-order valence-corrected chi connectivity index (χ2v) is 4.32. The molecule has 0 aliphatic heterocycles. The van der Waals surface area contributed by atoms with Gasteiger partial charge in [0, 0.05) is 10.0 Å². The molecule has 0 aliphatic rings. The van der Waals surface area contributed by atoms with Crippen molar-refractivity contribution >= 4 is 21.9 Å². The van der Waals surface area contributed by atoms with Crippen LogP contribution in [0.25, 0.3) is 0 Å². The van der Waals surface area contributed by atoms with Gasteiger partial charge in [0.15, 0.2) is 0 Å². The summed E-state index contributed by atoms with van der Waals surface area (Å²) < 4.78 is 37.5. The summed E-state index contributed by atoms with van der Waals surface area (Å²) in [5, 5.41) is 0. The lowest BCUT2D eigenvalue weighted by atomic mass is 10.1. The Kier molecular flexibility index (Phi) is 5.07. The standard InChI is InChI=1S/C12H13BrF2O3/c1-3-17-10-6-8(5-9(13)7-10)12(14,15)11(16)18-4-2/h5-7H,3-4H2,1-2H3. The quantitative estimate of drug-likeness (QED) is 0.778. The molecule has 0 spiro atoms. The van der Waals surface area contributed by atoms with E-state index in [-0.39, 0.29) is 12.4 Å². The zero-order valence-electron chi connectivity index (χ0n) is 10.0. The molecule has 0 radical (unpaired) electrons. The van der Waals surface area contributed by atoms with Gasteiger partial charge in [-0.3, -0.25) is 0 Å². The van der Waals surface area contributed by atoms with Crippen LogP contribution in [0.5, 0.6) is 5.75 Å². The van der Waals surface area contributed by atoms with Gasteiger partial charge in [0.25, 0.3) is 0 Å². The van der Waals surface area contributed by atoms with Crippen molar-refractivity contribution in [2.45, 2.75) is 19.8 Å². The molecule has 0 unspecified atom stereocenters. The third-order valence-electron chi connectivity index (χ3n) is 2.08. The minimum Gasteiger partial charge on any atom is -0.494 e. The molecular formula is C12H13BrF2O3. The Morgan fingerprint density at radius 2 is 1.94 bits per heavy atom. The van der Waals surface area contributed by atoms with E-state index in [2.05, 4.69) is 20.7 Å². The fraction of sp³-hybridized carbons (Fsp3) is 0.417. The highest BCUT2D eigenvalue weighted by Gasteiger charge is 2.43. The Bertz CT molecular complexity index is 435. The summed E-state index contributed by atoms with van der Waals surface area (Å²) in [5.41, 5.74) is -0.459. The fourth-order valence-electron chi connectivity index (χ4n) is 1.33. The zero-order chi connectivity index (χ0) is 13.8. The minimum atomic E-state index is -3.69. The molecule has 0 saturated carbocycles. The molecule has 0 atom stereocenters.